The molecule has 0 fully saturated rings. The average molecular weight is 401 g/mol. The Labute approximate surface area is 130 Å². The molecule has 1 heterocycles. The van der Waals surface area contributed by atoms with E-state index in [0.717, 1.165) is 0 Å². The number of nitrogens with zero attached hydrogens (tertiary/aromatic N) is 2. The molecule has 2 rings (SSSR count). The molecule has 2 aromatic rings. The van der Waals surface area contributed by atoms with E-state index >= 15 is 0 Å². The number of anilines is 1. The predicted molar refractivity (Wildman–Crippen MR) is 80.7 cm³/mol. The molecule has 0 aliphatic rings. The summed E-state index contributed by atoms with van der Waals surface area (Å²) in [4.78, 5) is 26.2. The van der Waals surface area contributed by atoms with Gasteiger partial charge >= 0.3 is 0 Å². The van der Waals surface area contributed by atoms with E-state index in [2.05, 4.69) is 42.2 Å². The number of nitro benzene ring substituents is 1. The molecule has 0 atom stereocenters. The third-order valence-corrected chi connectivity index (χ3v) is 3.43. The molecule has 0 radical (unpaired) electrons. The van der Waals surface area contributed by atoms with Crippen molar-refractivity contribution in [1.29, 1.82) is 0 Å². The van der Waals surface area contributed by atoms with Crippen molar-refractivity contribution in [3.05, 3.63) is 61.3 Å². The van der Waals surface area contributed by atoms with Crippen molar-refractivity contribution in [2.45, 2.75) is 0 Å². The second-order valence-electron chi connectivity index (χ2n) is 3.72. The van der Waals surface area contributed by atoms with Crippen molar-refractivity contribution < 1.29 is 9.72 Å². The minimum Gasteiger partial charge on any atom is -0.321 e. The van der Waals surface area contributed by atoms with Crippen molar-refractivity contribution in [3.8, 4) is 0 Å². The number of aromatic nitrogens is 1. The molecule has 1 amide bonds. The maximum absolute atomic E-state index is 12.0. The number of benzene rings is 1. The molecule has 0 saturated carbocycles. The first-order chi connectivity index (χ1) is 9.47. The summed E-state index contributed by atoms with van der Waals surface area (Å²) in [7, 11) is 0. The molecule has 102 valence electrons. The third kappa shape index (κ3) is 3.40. The lowest BCUT2D eigenvalue weighted by Gasteiger charge is -2.05. The number of carbonyl (C=O) groups excluding carboxylic acids is 1. The minimum atomic E-state index is -0.508. The standard InChI is InChI=1S/C12H7Br2N3O3/c13-8-6-7(4-5-10(8)17(19)20)15-12(18)9-2-1-3-11(14)16-9/h1-6H,(H,15,18). The lowest BCUT2D eigenvalue weighted by molar-refractivity contribution is -0.385. The molecule has 20 heavy (non-hydrogen) atoms. The Morgan fingerprint density at radius 2 is 2.00 bits per heavy atom. The molecule has 1 aromatic carbocycles. The molecule has 1 N–H and O–H groups in total. The van der Waals surface area contributed by atoms with Gasteiger partial charge in [-0.05, 0) is 56.1 Å². The van der Waals surface area contributed by atoms with Gasteiger partial charge < -0.3 is 5.32 Å². The van der Waals surface area contributed by atoms with Gasteiger partial charge in [0.1, 0.15) is 10.3 Å². The topological polar surface area (TPSA) is 85.1 Å². The predicted octanol–water partition coefficient (Wildman–Crippen LogP) is 3.77. The van der Waals surface area contributed by atoms with E-state index in [1.165, 1.54) is 18.2 Å². The van der Waals surface area contributed by atoms with E-state index in [4.69, 9.17) is 0 Å². The first-order valence-corrected chi connectivity index (χ1v) is 6.94. The van der Waals surface area contributed by atoms with E-state index in [0.29, 0.717) is 14.8 Å². The van der Waals surface area contributed by atoms with E-state index in [1.54, 1.807) is 18.2 Å². The number of rotatable bonds is 3. The van der Waals surface area contributed by atoms with Crippen molar-refractivity contribution in [2.24, 2.45) is 0 Å². The third-order valence-electron chi connectivity index (χ3n) is 2.35. The summed E-state index contributed by atoms with van der Waals surface area (Å²) < 4.78 is 0.845. The molecule has 0 bridgehead atoms. The van der Waals surface area contributed by atoms with Gasteiger partial charge in [0.05, 0.1) is 9.40 Å². The van der Waals surface area contributed by atoms with Crippen LogP contribution in [-0.2, 0) is 0 Å². The van der Waals surface area contributed by atoms with Crippen LogP contribution in [0.15, 0.2) is 45.5 Å². The van der Waals surface area contributed by atoms with Gasteiger partial charge in [-0.15, -0.1) is 0 Å². The second kappa shape index (κ2) is 6.10. The van der Waals surface area contributed by atoms with Crippen LogP contribution in [0.3, 0.4) is 0 Å². The average Bonchev–Trinajstić information content (AvgIpc) is 2.38. The Balaban J connectivity index is 2.20. The van der Waals surface area contributed by atoms with Crippen LogP contribution in [0.4, 0.5) is 11.4 Å². The smallest absolute Gasteiger partial charge is 0.283 e. The Hall–Kier alpha value is -1.80. The van der Waals surface area contributed by atoms with Gasteiger partial charge in [-0.25, -0.2) is 4.98 Å². The maximum Gasteiger partial charge on any atom is 0.283 e. The van der Waals surface area contributed by atoms with Gasteiger partial charge in [0.25, 0.3) is 11.6 Å². The van der Waals surface area contributed by atoms with Crippen LogP contribution in [0.5, 0.6) is 0 Å². The zero-order chi connectivity index (χ0) is 14.7. The molecular weight excluding hydrogens is 394 g/mol. The molecule has 0 spiro atoms. The molecule has 6 nitrogen and oxygen atoms in total. The van der Waals surface area contributed by atoms with Gasteiger partial charge in [0.15, 0.2) is 0 Å². The number of amides is 1. The molecule has 0 saturated heterocycles. The zero-order valence-corrected chi connectivity index (χ0v) is 13.0. The van der Waals surface area contributed by atoms with Crippen LogP contribution in [0.2, 0.25) is 0 Å². The largest absolute Gasteiger partial charge is 0.321 e. The van der Waals surface area contributed by atoms with Gasteiger partial charge in [-0.1, -0.05) is 6.07 Å². The number of hydrogen-bond acceptors (Lipinski definition) is 4. The van der Waals surface area contributed by atoms with Crippen molar-refractivity contribution in [1.82, 2.24) is 4.98 Å². The summed E-state index contributed by atoms with van der Waals surface area (Å²) in [5, 5.41) is 13.3. The Kier molecular flexibility index (Phi) is 4.46. The van der Waals surface area contributed by atoms with Crippen LogP contribution >= 0.6 is 31.9 Å². The zero-order valence-electron chi connectivity index (χ0n) is 9.84. The summed E-state index contributed by atoms with van der Waals surface area (Å²) in [6.07, 6.45) is 0. The summed E-state index contributed by atoms with van der Waals surface area (Å²) in [5.41, 5.74) is 0.617. The molecule has 0 unspecified atom stereocenters. The van der Waals surface area contributed by atoms with Gasteiger partial charge in [-0.2, -0.15) is 0 Å². The highest BCUT2D eigenvalue weighted by atomic mass is 79.9. The highest BCUT2D eigenvalue weighted by Gasteiger charge is 2.13. The monoisotopic (exact) mass is 399 g/mol. The lowest BCUT2D eigenvalue weighted by atomic mass is 10.2. The Morgan fingerprint density at radius 3 is 2.60 bits per heavy atom. The fourth-order valence-electron chi connectivity index (χ4n) is 1.46. The number of hydrogen-bond donors (Lipinski definition) is 1. The summed E-state index contributed by atoms with van der Waals surface area (Å²) in [6, 6.07) is 9.21. The first-order valence-electron chi connectivity index (χ1n) is 5.35. The number of nitro groups is 1. The van der Waals surface area contributed by atoms with E-state index < -0.39 is 10.8 Å². The number of nitrogens with one attached hydrogen (secondary N) is 1. The molecule has 0 aliphatic carbocycles. The van der Waals surface area contributed by atoms with Crippen LogP contribution in [0, 0.1) is 10.1 Å². The number of pyridine rings is 1. The lowest BCUT2D eigenvalue weighted by Crippen LogP contribution is -2.13. The number of carbonyl (C=O) groups is 1. The molecule has 1 aromatic heterocycles. The molecule has 0 aliphatic heterocycles. The van der Waals surface area contributed by atoms with Crippen LogP contribution in [-0.4, -0.2) is 15.8 Å². The van der Waals surface area contributed by atoms with Crippen LogP contribution in [0.1, 0.15) is 10.5 Å². The fraction of sp³-hybridized carbons (Fsp3) is 0. The molecule has 8 heteroatoms. The van der Waals surface area contributed by atoms with Gasteiger partial charge in [0.2, 0.25) is 0 Å². The quantitative estimate of drug-likeness (QED) is 0.482. The van der Waals surface area contributed by atoms with E-state index in [9.17, 15) is 14.9 Å². The maximum atomic E-state index is 12.0. The van der Waals surface area contributed by atoms with Crippen LogP contribution < -0.4 is 5.32 Å². The fourth-order valence-corrected chi connectivity index (χ4v) is 2.33. The minimum absolute atomic E-state index is 0.0661. The molecular formula is C12H7Br2N3O3. The Morgan fingerprint density at radius 1 is 1.25 bits per heavy atom. The van der Waals surface area contributed by atoms with Crippen molar-refractivity contribution in [3.63, 3.8) is 0 Å². The van der Waals surface area contributed by atoms with Crippen molar-refractivity contribution in [2.75, 3.05) is 5.32 Å². The Bertz CT molecular complexity index is 691. The summed E-state index contributed by atoms with van der Waals surface area (Å²) in [6.45, 7) is 0. The van der Waals surface area contributed by atoms with Gasteiger partial charge in [0, 0.05) is 11.8 Å². The number of halogens is 2. The summed E-state index contributed by atoms with van der Waals surface area (Å²) in [5.74, 6) is -0.396. The highest BCUT2D eigenvalue weighted by Crippen LogP contribution is 2.27. The highest BCUT2D eigenvalue weighted by molar-refractivity contribution is 9.10. The normalized spacial score (nSPS) is 10.1. The van der Waals surface area contributed by atoms with Crippen LogP contribution in [0.25, 0.3) is 0 Å². The van der Waals surface area contributed by atoms with E-state index in [1.807, 2.05) is 0 Å². The van der Waals surface area contributed by atoms with Crippen molar-refractivity contribution >= 4 is 49.1 Å². The first kappa shape index (κ1) is 14.6. The second-order valence-corrected chi connectivity index (χ2v) is 5.39. The van der Waals surface area contributed by atoms with Gasteiger partial charge in [-0.3, -0.25) is 14.9 Å². The summed E-state index contributed by atoms with van der Waals surface area (Å²) >= 11 is 6.27. The SMILES string of the molecule is O=C(Nc1ccc([N+](=O)[O-])c(Br)c1)c1cccc(Br)n1. The van der Waals surface area contributed by atoms with E-state index in [-0.39, 0.29) is 11.4 Å².